The van der Waals surface area contributed by atoms with Crippen molar-refractivity contribution in [3.63, 3.8) is 0 Å². The number of Topliss-reactive ketones (excluding diaryl/α,β-unsaturated/α-hetero) is 1. The van der Waals surface area contributed by atoms with Crippen LogP contribution in [-0.2, 0) is 4.79 Å². The van der Waals surface area contributed by atoms with Gasteiger partial charge in [0.05, 0.1) is 6.10 Å². The van der Waals surface area contributed by atoms with Crippen molar-refractivity contribution in [2.45, 2.75) is 105 Å². The Hall–Kier alpha value is -0.630. The Kier molecular flexibility index (Phi) is 5.82. The van der Waals surface area contributed by atoms with Crippen molar-refractivity contribution < 1.29 is 9.90 Å². The predicted molar refractivity (Wildman–Crippen MR) is 119 cm³/mol. The molecule has 0 unspecified atom stereocenters. The highest BCUT2D eigenvalue weighted by molar-refractivity contribution is 5.80. The fraction of sp³-hybridized carbons (Fsp3) is 0.889. The van der Waals surface area contributed by atoms with Crippen LogP contribution in [0.25, 0.3) is 0 Å². The van der Waals surface area contributed by atoms with Gasteiger partial charge in [-0.15, -0.1) is 0 Å². The third-order valence-electron chi connectivity index (χ3n) is 10.3. The van der Waals surface area contributed by atoms with Gasteiger partial charge in [0.1, 0.15) is 5.78 Å². The number of carbonyl (C=O) groups excluding carboxylic acids is 1. The number of allylic oxidation sites excluding steroid dienone is 1. The first kappa shape index (κ1) is 21.6. The summed E-state index contributed by atoms with van der Waals surface area (Å²) in [4.78, 5) is 12.2. The summed E-state index contributed by atoms with van der Waals surface area (Å²) in [5.41, 5.74) is 2.39. The average molecular weight is 401 g/mol. The van der Waals surface area contributed by atoms with Gasteiger partial charge in [0, 0.05) is 12.3 Å². The van der Waals surface area contributed by atoms with E-state index in [-0.39, 0.29) is 12.0 Å². The van der Waals surface area contributed by atoms with Gasteiger partial charge in [0.25, 0.3) is 0 Å². The van der Waals surface area contributed by atoms with Crippen molar-refractivity contribution in [1.82, 2.24) is 0 Å². The number of carbonyl (C=O) groups is 1. The normalized spacial score (nSPS) is 45.2. The quantitative estimate of drug-likeness (QED) is 0.530. The van der Waals surface area contributed by atoms with Gasteiger partial charge in [-0.1, -0.05) is 46.3 Å². The lowest BCUT2D eigenvalue weighted by Crippen LogP contribution is -2.50. The van der Waals surface area contributed by atoms with E-state index in [1.54, 1.807) is 5.57 Å². The highest BCUT2D eigenvalue weighted by Crippen LogP contribution is 2.67. The van der Waals surface area contributed by atoms with Crippen LogP contribution in [0.4, 0.5) is 0 Å². The second-order valence-electron chi connectivity index (χ2n) is 12.0. The van der Waals surface area contributed by atoms with Crippen molar-refractivity contribution in [2.75, 3.05) is 0 Å². The smallest absolute Gasteiger partial charge is 0.135 e. The Bertz CT molecular complexity index is 663. The van der Waals surface area contributed by atoms with E-state index in [0.29, 0.717) is 22.5 Å². The summed E-state index contributed by atoms with van der Waals surface area (Å²) in [6.07, 6.45) is 14.1. The molecule has 0 radical (unpaired) electrons. The van der Waals surface area contributed by atoms with E-state index in [1.807, 2.05) is 13.8 Å². The van der Waals surface area contributed by atoms with Crippen molar-refractivity contribution in [1.29, 1.82) is 0 Å². The molecule has 0 heterocycles. The first-order valence-electron chi connectivity index (χ1n) is 12.6. The molecule has 0 spiro atoms. The number of fused-ring (bicyclic) bond motifs is 5. The molecule has 4 aliphatic carbocycles. The van der Waals surface area contributed by atoms with E-state index < -0.39 is 0 Å². The molecule has 1 N–H and O–H groups in total. The van der Waals surface area contributed by atoms with Crippen molar-refractivity contribution >= 4 is 5.78 Å². The standard InChI is InChI=1S/C27H44O2/c1-17(2)25(29)11-6-18(3)22-9-10-23-21-8-7-19-16-20(28)12-14-26(19,4)24(21)13-15-27(22,23)5/h7,17-18,20-24,28H,6,8-16H2,1-5H3/t18-,20-,21+,22-,23+,24-,26-,27+/m0/s1. The lowest BCUT2D eigenvalue weighted by atomic mass is 9.47. The summed E-state index contributed by atoms with van der Waals surface area (Å²) in [6, 6.07) is 0. The molecule has 8 atom stereocenters. The molecule has 4 aliphatic rings. The minimum absolute atomic E-state index is 0.106. The molecule has 3 saturated carbocycles. The average Bonchev–Trinajstić information content (AvgIpc) is 3.03. The highest BCUT2D eigenvalue weighted by Gasteiger charge is 2.59. The van der Waals surface area contributed by atoms with E-state index in [2.05, 4.69) is 26.8 Å². The van der Waals surface area contributed by atoms with E-state index in [9.17, 15) is 9.90 Å². The molecule has 0 aromatic heterocycles. The molecule has 2 nitrogen and oxygen atoms in total. The lowest BCUT2D eigenvalue weighted by Gasteiger charge is -2.58. The second-order valence-corrected chi connectivity index (χ2v) is 12.0. The first-order chi connectivity index (χ1) is 13.7. The molecule has 0 aliphatic heterocycles. The second kappa shape index (κ2) is 7.81. The predicted octanol–water partition coefficient (Wildman–Crippen LogP) is 6.57. The van der Waals surface area contributed by atoms with Gasteiger partial charge < -0.3 is 5.11 Å². The topological polar surface area (TPSA) is 37.3 Å². The molecule has 164 valence electrons. The zero-order valence-electron chi connectivity index (χ0n) is 19.5. The fourth-order valence-corrected chi connectivity index (χ4v) is 8.48. The molecule has 0 saturated heterocycles. The van der Waals surface area contributed by atoms with Gasteiger partial charge in [-0.05, 0) is 98.2 Å². The minimum Gasteiger partial charge on any atom is -0.393 e. The van der Waals surface area contributed by atoms with Crippen LogP contribution in [-0.4, -0.2) is 17.0 Å². The fourth-order valence-electron chi connectivity index (χ4n) is 8.48. The number of hydrogen-bond donors (Lipinski definition) is 1. The van der Waals surface area contributed by atoms with Gasteiger partial charge in [-0.2, -0.15) is 0 Å². The maximum absolute atomic E-state index is 12.2. The molecule has 4 rings (SSSR count). The van der Waals surface area contributed by atoms with Crippen LogP contribution in [0.15, 0.2) is 11.6 Å². The number of hydrogen-bond acceptors (Lipinski definition) is 2. The number of aliphatic hydroxyl groups excluding tert-OH is 1. The minimum atomic E-state index is -0.106. The molecular formula is C27H44O2. The van der Waals surface area contributed by atoms with Crippen LogP contribution in [0, 0.1) is 46.3 Å². The highest BCUT2D eigenvalue weighted by atomic mass is 16.3. The van der Waals surface area contributed by atoms with Gasteiger partial charge in [-0.25, -0.2) is 0 Å². The molecule has 3 fully saturated rings. The van der Waals surface area contributed by atoms with Crippen LogP contribution in [0.5, 0.6) is 0 Å². The Morgan fingerprint density at radius 2 is 1.86 bits per heavy atom. The first-order valence-corrected chi connectivity index (χ1v) is 12.6. The summed E-state index contributed by atoms with van der Waals surface area (Å²) < 4.78 is 0. The molecule has 0 amide bonds. The molecule has 0 aromatic carbocycles. The third kappa shape index (κ3) is 3.56. The maximum Gasteiger partial charge on any atom is 0.135 e. The monoisotopic (exact) mass is 400 g/mol. The van der Waals surface area contributed by atoms with E-state index in [4.69, 9.17) is 0 Å². The lowest BCUT2D eigenvalue weighted by molar-refractivity contribution is -0.122. The maximum atomic E-state index is 12.2. The van der Waals surface area contributed by atoms with Gasteiger partial charge in [-0.3, -0.25) is 4.79 Å². The zero-order chi connectivity index (χ0) is 21.0. The molecule has 0 bridgehead atoms. The molecule has 29 heavy (non-hydrogen) atoms. The summed E-state index contributed by atoms with van der Waals surface area (Å²) in [6.45, 7) is 11.6. The molecular weight excluding hydrogens is 356 g/mol. The summed E-state index contributed by atoms with van der Waals surface area (Å²) in [7, 11) is 0. The van der Waals surface area contributed by atoms with Gasteiger partial charge in [0.15, 0.2) is 0 Å². The van der Waals surface area contributed by atoms with Crippen molar-refractivity contribution in [2.24, 2.45) is 46.3 Å². The zero-order valence-corrected chi connectivity index (χ0v) is 19.5. The molecule has 0 aromatic rings. The number of ketones is 1. The van der Waals surface area contributed by atoms with Crippen molar-refractivity contribution in [3.8, 4) is 0 Å². The summed E-state index contributed by atoms with van der Waals surface area (Å²) in [5, 5.41) is 10.2. The summed E-state index contributed by atoms with van der Waals surface area (Å²) >= 11 is 0. The van der Waals surface area contributed by atoms with Crippen molar-refractivity contribution in [3.05, 3.63) is 11.6 Å². The number of aliphatic hydroxyl groups is 1. The molecule has 2 heteroatoms. The Morgan fingerprint density at radius 3 is 2.59 bits per heavy atom. The van der Waals surface area contributed by atoms with E-state index >= 15 is 0 Å². The Morgan fingerprint density at radius 1 is 1.10 bits per heavy atom. The largest absolute Gasteiger partial charge is 0.393 e. The van der Waals surface area contributed by atoms with Crippen LogP contribution in [0.3, 0.4) is 0 Å². The SMILES string of the molecule is CC(C)C(=O)CC[C@H](C)[C@@H]1CC[C@@H]2[C@H]3CC=C4C[C@@H](O)CC[C@]4(C)[C@H]3CC[C@@]21C. The van der Waals surface area contributed by atoms with Crippen LogP contribution >= 0.6 is 0 Å². The summed E-state index contributed by atoms with van der Waals surface area (Å²) in [5.74, 6) is 4.60. The van der Waals surface area contributed by atoms with Crippen LogP contribution in [0.2, 0.25) is 0 Å². The number of rotatable bonds is 5. The van der Waals surface area contributed by atoms with Crippen LogP contribution < -0.4 is 0 Å². The van der Waals surface area contributed by atoms with Crippen LogP contribution in [0.1, 0.15) is 98.8 Å². The van der Waals surface area contributed by atoms with E-state index in [1.165, 1.54) is 38.5 Å². The van der Waals surface area contributed by atoms with E-state index in [0.717, 1.165) is 49.4 Å². The Labute approximate surface area is 178 Å². The van der Waals surface area contributed by atoms with Gasteiger partial charge >= 0.3 is 0 Å². The Balaban J connectivity index is 1.49. The third-order valence-corrected chi connectivity index (χ3v) is 10.3. The van der Waals surface area contributed by atoms with Gasteiger partial charge in [0.2, 0.25) is 0 Å².